The van der Waals surface area contributed by atoms with Gasteiger partial charge in [0.1, 0.15) is 12.2 Å². The Morgan fingerprint density at radius 2 is 2.30 bits per heavy atom. The smallest absolute Gasteiger partial charge is 0.255 e. The highest BCUT2D eigenvalue weighted by Gasteiger charge is 2.04. The van der Waals surface area contributed by atoms with Crippen LogP contribution in [0.5, 0.6) is 5.75 Å². The van der Waals surface area contributed by atoms with Gasteiger partial charge in [-0.25, -0.2) is 5.43 Å². The van der Waals surface area contributed by atoms with E-state index < -0.39 is 11.8 Å². The molecule has 1 aromatic rings. The number of benzene rings is 1. The number of nitrogens with two attached hydrogens (primary N) is 1. The normalized spacial score (nSPS) is 10.0. The van der Waals surface area contributed by atoms with Crippen molar-refractivity contribution in [3.05, 3.63) is 28.8 Å². The number of nitrogens with one attached hydrogen (secondary N) is 1. The summed E-state index contributed by atoms with van der Waals surface area (Å²) in [6.45, 7) is -0.266. The third-order valence-corrected chi connectivity index (χ3v) is 2.26. The summed E-state index contributed by atoms with van der Waals surface area (Å²) in [6.07, 6.45) is 1.09. The molecule has 0 aliphatic carbocycles. The van der Waals surface area contributed by atoms with Crippen molar-refractivity contribution >= 4 is 29.6 Å². The number of halogens is 1. The first-order valence-corrected chi connectivity index (χ1v) is 5.80. The van der Waals surface area contributed by atoms with Gasteiger partial charge in [-0.3, -0.25) is 9.59 Å². The Bertz CT molecular complexity index is 581. The molecule has 7 nitrogen and oxygen atoms in total. The van der Waals surface area contributed by atoms with E-state index in [4.69, 9.17) is 27.3 Å². The van der Waals surface area contributed by atoms with Crippen LogP contribution in [0, 0.1) is 11.3 Å². The number of carbonyl (C=O) groups is 2. The number of amides is 2. The first kappa shape index (κ1) is 15.5. The van der Waals surface area contributed by atoms with Gasteiger partial charge in [0.05, 0.1) is 17.3 Å². The van der Waals surface area contributed by atoms with Crippen molar-refractivity contribution in [2.75, 3.05) is 6.61 Å². The second kappa shape index (κ2) is 7.76. The lowest BCUT2D eigenvalue weighted by molar-refractivity contribution is -0.120. The summed E-state index contributed by atoms with van der Waals surface area (Å²) in [7, 11) is 0. The third-order valence-electron chi connectivity index (χ3n) is 1.97. The minimum absolute atomic E-state index is 0.266. The van der Waals surface area contributed by atoms with Crippen LogP contribution in [0.4, 0.5) is 0 Å². The number of primary amides is 1. The second-order valence-electron chi connectivity index (χ2n) is 3.57. The average molecular weight is 295 g/mol. The summed E-state index contributed by atoms with van der Waals surface area (Å²) in [6, 6.07) is 6.41. The molecule has 0 atom stereocenters. The Labute approximate surface area is 120 Å². The predicted molar refractivity (Wildman–Crippen MR) is 72.1 cm³/mol. The van der Waals surface area contributed by atoms with Crippen LogP contribution < -0.4 is 15.9 Å². The molecule has 1 aromatic carbocycles. The molecular weight excluding hydrogens is 284 g/mol. The second-order valence-corrected chi connectivity index (χ2v) is 3.98. The molecule has 20 heavy (non-hydrogen) atoms. The van der Waals surface area contributed by atoms with E-state index in [1.165, 1.54) is 12.3 Å². The summed E-state index contributed by atoms with van der Waals surface area (Å²) >= 11 is 5.93. The number of hydrogen-bond donors (Lipinski definition) is 2. The molecule has 1 rings (SSSR count). The zero-order valence-corrected chi connectivity index (χ0v) is 11.1. The predicted octanol–water partition coefficient (Wildman–Crippen LogP) is 0.568. The molecule has 3 N–H and O–H groups in total. The molecule has 0 saturated heterocycles. The quantitative estimate of drug-likeness (QED) is 0.589. The summed E-state index contributed by atoms with van der Waals surface area (Å²) in [5.41, 5.74) is 7.74. The fourth-order valence-corrected chi connectivity index (χ4v) is 1.40. The molecule has 0 heterocycles. The molecule has 8 heteroatoms. The van der Waals surface area contributed by atoms with Crippen molar-refractivity contribution in [1.82, 2.24) is 5.43 Å². The highest BCUT2D eigenvalue weighted by atomic mass is 35.5. The highest BCUT2D eigenvalue weighted by Crippen LogP contribution is 2.24. The van der Waals surface area contributed by atoms with E-state index in [2.05, 4.69) is 10.5 Å². The van der Waals surface area contributed by atoms with E-state index in [1.807, 2.05) is 0 Å². The zero-order valence-electron chi connectivity index (χ0n) is 10.3. The van der Waals surface area contributed by atoms with Crippen molar-refractivity contribution in [1.29, 1.82) is 5.26 Å². The first-order chi connectivity index (χ1) is 9.52. The van der Waals surface area contributed by atoms with Crippen LogP contribution in [0.2, 0.25) is 5.02 Å². The molecule has 0 saturated carbocycles. The summed E-state index contributed by atoms with van der Waals surface area (Å²) in [5, 5.41) is 12.2. The maximum absolute atomic E-state index is 11.0. The van der Waals surface area contributed by atoms with E-state index in [0.29, 0.717) is 11.3 Å². The van der Waals surface area contributed by atoms with Gasteiger partial charge in [-0.2, -0.15) is 10.4 Å². The Morgan fingerprint density at radius 3 is 2.90 bits per heavy atom. The van der Waals surface area contributed by atoms with Gasteiger partial charge < -0.3 is 10.5 Å². The number of hydrazone groups is 1. The van der Waals surface area contributed by atoms with Crippen molar-refractivity contribution in [3.63, 3.8) is 0 Å². The van der Waals surface area contributed by atoms with Gasteiger partial charge in [0.15, 0.2) is 6.61 Å². The Kier molecular flexibility index (Phi) is 6.00. The van der Waals surface area contributed by atoms with Gasteiger partial charge >= 0.3 is 0 Å². The van der Waals surface area contributed by atoms with Crippen molar-refractivity contribution in [2.45, 2.75) is 6.42 Å². The molecule has 0 fully saturated rings. The largest absolute Gasteiger partial charge is 0.482 e. The van der Waals surface area contributed by atoms with E-state index in [-0.39, 0.29) is 18.1 Å². The molecule has 0 aliphatic heterocycles. The van der Waals surface area contributed by atoms with Crippen LogP contribution in [0.1, 0.15) is 12.0 Å². The van der Waals surface area contributed by atoms with Gasteiger partial charge in [-0.1, -0.05) is 11.6 Å². The average Bonchev–Trinajstić information content (AvgIpc) is 2.38. The first-order valence-electron chi connectivity index (χ1n) is 5.42. The summed E-state index contributed by atoms with van der Waals surface area (Å²) in [4.78, 5) is 21.5. The molecule has 0 unspecified atom stereocenters. The van der Waals surface area contributed by atoms with Crippen LogP contribution in [0.15, 0.2) is 23.3 Å². The van der Waals surface area contributed by atoms with Crippen LogP contribution in [-0.4, -0.2) is 24.6 Å². The molecule has 0 spiro atoms. The Hall–Kier alpha value is -2.59. The van der Waals surface area contributed by atoms with E-state index in [9.17, 15) is 9.59 Å². The Balaban J connectivity index is 2.63. The van der Waals surface area contributed by atoms with Crippen LogP contribution in [-0.2, 0) is 9.59 Å². The summed E-state index contributed by atoms with van der Waals surface area (Å²) < 4.78 is 5.07. The number of rotatable bonds is 6. The lowest BCUT2D eigenvalue weighted by atomic mass is 10.2. The monoisotopic (exact) mass is 294 g/mol. The SMILES string of the molecule is N#CCC(=O)NN=Cc1ccc(OCC(N)=O)c(Cl)c1. The third kappa shape index (κ3) is 5.37. The standard InChI is InChI=1S/C12H11ClN4O3/c13-9-5-8(6-16-17-12(19)3-4-14)1-2-10(9)20-7-11(15)18/h1-2,5-6H,3,7H2,(H2,15,18)(H,17,19). The number of hydrogen-bond acceptors (Lipinski definition) is 5. The van der Waals surface area contributed by atoms with Crippen LogP contribution in [0.25, 0.3) is 0 Å². The molecule has 0 aromatic heterocycles. The minimum atomic E-state index is -0.605. The molecular formula is C12H11ClN4O3. The number of nitrogens with zero attached hydrogens (tertiary/aromatic N) is 2. The minimum Gasteiger partial charge on any atom is -0.482 e. The van der Waals surface area contributed by atoms with Gasteiger partial charge in [0, 0.05) is 0 Å². The molecule has 0 aliphatic rings. The van der Waals surface area contributed by atoms with E-state index in [0.717, 1.165) is 0 Å². The highest BCUT2D eigenvalue weighted by molar-refractivity contribution is 6.32. The van der Waals surface area contributed by atoms with Crippen molar-refractivity contribution in [2.24, 2.45) is 10.8 Å². The Morgan fingerprint density at radius 1 is 1.55 bits per heavy atom. The lowest BCUT2D eigenvalue weighted by Gasteiger charge is -2.06. The van der Waals surface area contributed by atoms with Crippen molar-refractivity contribution in [3.8, 4) is 11.8 Å². The number of carbonyl (C=O) groups excluding carboxylic acids is 2. The maximum Gasteiger partial charge on any atom is 0.255 e. The molecule has 2 amide bonds. The number of ether oxygens (including phenoxy) is 1. The lowest BCUT2D eigenvalue weighted by Crippen LogP contribution is -2.20. The fraction of sp³-hybridized carbons (Fsp3) is 0.167. The fourth-order valence-electron chi connectivity index (χ4n) is 1.15. The topological polar surface area (TPSA) is 118 Å². The maximum atomic E-state index is 11.0. The van der Waals surface area contributed by atoms with Crippen LogP contribution in [0.3, 0.4) is 0 Å². The molecule has 0 bridgehead atoms. The van der Waals surface area contributed by atoms with E-state index >= 15 is 0 Å². The zero-order chi connectivity index (χ0) is 15.0. The number of nitriles is 1. The van der Waals surface area contributed by atoms with Gasteiger partial charge in [-0.05, 0) is 23.8 Å². The van der Waals surface area contributed by atoms with Gasteiger partial charge in [0.25, 0.3) is 11.8 Å². The van der Waals surface area contributed by atoms with Gasteiger partial charge in [-0.15, -0.1) is 0 Å². The molecule has 104 valence electrons. The van der Waals surface area contributed by atoms with Crippen molar-refractivity contribution < 1.29 is 14.3 Å². The van der Waals surface area contributed by atoms with Gasteiger partial charge in [0.2, 0.25) is 0 Å². The summed E-state index contributed by atoms with van der Waals surface area (Å²) in [5.74, 6) is -0.792. The molecule has 0 radical (unpaired) electrons. The van der Waals surface area contributed by atoms with E-state index in [1.54, 1.807) is 18.2 Å². The van der Waals surface area contributed by atoms with Crippen LogP contribution >= 0.6 is 11.6 Å².